The highest BCUT2D eigenvalue weighted by Gasteiger charge is 2.27. The van der Waals surface area contributed by atoms with E-state index < -0.39 is 17.8 Å². The molecular weight excluding hydrogens is 406 g/mol. The SMILES string of the molecule is CCOC(=O)c1c(NC(=O)/C=C/c2ccc(C)cc2)sc(C(=O)OCCOC)c1C. The molecule has 1 N–H and O–H groups in total. The van der Waals surface area contributed by atoms with Gasteiger partial charge in [0, 0.05) is 13.2 Å². The lowest BCUT2D eigenvalue weighted by Crippen LogP contribution is -2.13. The number of aryl methyl sites for hydroxylation is 1. The fourth-order valence-corrected chi connectivity index (χ4v) is 3.62. The van der Waals surface area contributed by atoms with Crippen LogP contribution in [0.4, 0.5) is 5.00 Å². The van der Waals surface area contributed by atoms with Crippen LogP contribution in [-0.4, -0.2) is 44.8 Å². The Morgan fingerprint density at radius 3 is 2.37 bits per heavy atom. The molecule has 1 aromatic heterocycles. The monoisotopic (exact) mass is 431 g/mol. The van der Waals surface area contributed by atoms with Crippen LogP contribution in [0.5, 0.6) is 0 Å². The van der Waals surface area contributed by atoms with Gasteiger partial charge in [0.2, 0.25) is 5.91 Å². The summed E-state index contributed by atoms with van der Waals surface area (Å²) >= 11 is 0.976. The van der Waals surface area contributed by atoms with E-state index in [-0.39, 0.29) is 35.3 Å². The Kier molecular flexibility index (Phi) is 8.76. The molecular formula is C22H25NO6S. The number of methoxy groups -OCH3 is 1. The summed E-state index contributed by atoms with van der Waals surface area (Å²) in [6.45, 7) is 5.79. The molecule has 0 radical (unpaired) electrons. The first-order valence-electron chi connectivity index (χ1n) is 9.39. The van der Waals surface area contributed by atoms with E-state index in [0.29, 0.717) is 5.56 Å². The molecule has 2 rings (SSSR count). The molecule has 2 aromatic rings. The number of hydrogen-bond donors (Lipinski definition) is 1. The van der Waals surface area contributed by atoms with Crippen LogP contribution < -0.4 is 5.32 Å². The van der Waals surface area contributed by atoms with E-state index >= 15 is 0 Å². The summed E-state index contributed by atoms with van der Waals surface area (Å²) < 4.78 is 15.1. The second-order valence-corrected chi connectivity index (χ2v) is 7.36. The molecule has 0 saturated carbocycles. The van der Waals surface area contributed by atoms with Gasteiger partial charge in [-0.2, -0.15) is 0 Å². The van der Waals surface area contributed by atoms with E-state index in [2.05, 4.69) is 5.32 Å². The smallest absolute Gasteiger partial charge is 0.348 e. The molecule has 0 saturated heterocycles. The van der Waals surface area contributed by atoms with E-state index in [1.54, 1.807) is 19.9 Å². The van der Waals surface area contributed by atoms with Gasteiger partial charge >= 0.3 is 11.9 Å². The van der Waals surface area contributed by atoms with Crippen LogP contribution in [0.1, 0.15) is 43.6 Å². The number of carbonyl (C=O) groups is 3. The topological polar surface area (TPSA) is 90.9 Å². The van der Waals surface area contributed by atoms with Gasteiger partial charge in [0.15, 0.2) is 0 Å². The van der Waals surface area contributed by atoms with Gasteiger partial charge in [0.05, 0.1) is 18.8 Å². The first-order chi connectivity index (χ1) is 14.4. The standard InChI is InChI=1S/C22H25NO6S/c1-5-28-21(25)18-15(3)19(22(26)29-13-12-27-4)30-20(18)23-17(24)11-10-16-8-6-14(2)7-9-16/h6-11H,5,12-13H2,1-4H3,(H,23,24)/b11-10+. The van der Waals surface area contributed by atoms with Crippen molar-refractivity contribution in [2.45, 2.75) is 20.8 Å². The Balaban J connectivity index is 2.24. The van der Waals surface area contributed by atoms with Crippen molar-refractivity contribution in [1.29, 1.82) is 0 Å². The summed E-state index contributed by atoms with van der Waals surface area (Å²) in [5.74, 6) is -1.63. The Morgan fingerprint density at radius 2 is 1.73 bits per heavy atom. The fourth-order valence-electron chi connectivity index (χ4n) is 2.53. The lowest BCUT2D eigenvalue weighted by molar-refractivity contribution is -0.111. The number of amides is 1. The van der Waals surface area contributed by atoms with E-state index in [0.717, 1.165) is 22.5 Å². The van der Waals surface area contributed by atoms with Crippen molar-refractivity contribution in [3.8, 4) is 0 Å². The predicted octanol–water partition coefficient (Wildman–Crippen LogP) is 4.00. The number of thiophene rings is 1. The van der Waals surface area contributed by atoms with Crippen molar-refractivity contribution < 1.29 is 28.6 Å². The van der Waals surface area contributed by atoms with Gasteiger partial charge in [0.1, 0.15) is 16.5 Å². The third kappa shape index (κ3) is 6.27. The largest absolute Gasteiger partial charge is 0.462 e. The molecule has 0 aliphatic carbocycles. The molecule has 0 unspecified atom stereocenters. The predicted molar refractivity (Wildman–Crippen MR) is 116 cm³/mol. The number of ether oxygens (including phenoxy) is 3. The highest BCUT2D eigenvalue weighted by molar-refractivity contribution is 7.18. The third-order valence-corrected chi connectivity index (χ3v) is 5.26. The molecule has 0 fully saturated rings. The van der Waals surface area contributed by atoms with Crippen molar-refractivity contribution in [1.82, 2.24) is 0 Å². The van der Waals surface area contributed by atoms with Gasteiger partial charge in [0.25, 0.3) is 0 Å². The molecule has 1 amide bonds. The number of esters is 2. The minimum Gasteiger partial charge on any atom is -0.462 e. The van der Waals surface area contributed by atoms with Gasteiger partial charge in [-0.15, -0.1) is 11.3 Å². The number of rotatable bonds is 9. The van der Waals surface area contributed by atoms with Crippen LogP contribution in [0.25, 0.3) is 6.08 Å². The summed E-state index contributed by atoms with van der Waals surface area (Å²) in [5.41, 5.74) is 2.54. The van der Waals surface area contributed by atoms with Crippen LogP contribution in [0.3, 0.4) is 0 Å². The van der Waals surface area contributed by atoms with E-state index in [1.165, 1.54) is 13.2 Å². The zero-order valence-corrected chi connectivity index (χ0v) is 18.3. The van der Waals surface area contributed by atoms with Crippen molar-refractivity contribution in [2.75, 3.05) is 32.2 Å². The summed E-state index contributed by atoms with van der Waals surface area (Å²) in [6, 6.07) is 7.68. The number of benzene rings is 1. The lowest BCUT2D eigenvalue weighted by atomic mass is 10.1. The van der Waals surface area contributed by atoms with Gasteiger partial charge in [-0.3, -0.25) is 4.79 Å². The Bertz CT molecular complexity index is 930. The number of hydrogen-bond acceptors (Lipinski definition) is 7. The maximum absolute atomic E-state index is 12.4. The van der Waals surface area contributed by atoms with Gasteiger partial charge in [-0.1, -0.05) is 29.8 Å². The van der Waals surface area contributed by atoms with Crippen molar-refractivity contribution >= 4 is 40.3 Å². The van der Waals surface area contributed by atoms with Crippen LogP contribution in [-0.2, 0) is 19.0 Å². The van der Waals surface area contributed by atoms with Crippen molar-refractivity contribution in [3.05, 3.63) is 57.5 Å². The van der Waals surface area contributed by atoms with Crippen LogP contribution in [0, 0.1) is 13.8 Å². The second-order valence-electron chi connectivity index (χ2n) is 6.34. The maximum atomic E-state index is 12.4. The molecule has 0 aliphatic heterocycles. The van der Waals surface area contributed by atoms with E-state index in [1.807, 2.05) is 31.2 Å². The first-order valence-corrected chi connectivity index (χ1v) is 10.2. The minimum atomic E-state index is -0.611. The highest BCUT2D eigenvalue weighted by atomic mass is 32.1. The summed E-state index contributed by atoms with van der Waals surface area (Å²) in [4.78, 5) is 37.4. The molecule has 160 valence electrons. The average Bonchev–Trinajstić information content (AvgIpc) is 3.03. The molecule has 0 aliphatic rings. The van der Waals surface area contributed by atoms with Gasteiger partial charge in [-0.25, -0.2) is 9.59 Å². The normalized spacial score (nSPS) is 10.8. The van der Waals surface area contributed by atoms with Crippen LogP contribution in [0.15, 0.2) is 30.3 Å². The molecule has 1 aromatic carbocycles. The van der Waals surface area contributed by atoms with E-state index in [9.17, 15) is 14.4 Å². The van der Waals surface area contributed by atoms with Crippen LogP contribution in [0.2, 0.25) is 0 Å². The molecule has 30 heavy (non-hydrogen) atoms. The van der Waals surface area contributed by atoms with Crippen molar-refractivity contribution in [3.63, 3.8) is 0 Å². The summed E-state index contributed by atoms with van der Waals surface area (Å²) in [6.07, 6.45) is 3.03. The summed E-state index contributed by atoms with van der Waals surface area (Å²) in [5, 5.41) is 2.91. The van der Waals surface area contributed by atoms with Gasteiger partial charge < -0.3 is 19.5 Å². The Labute approximate surface area is 179 Å². The molecule has 0 bridgehead atoms. The Hall–Kier alpha value is -2.97. The molecule has 1 heterocycles. The molecule has 0 atom stereocenters. The van der Waals surface area contributed by atoms with E-state index in [4.69, 9.17) is 14.2 Å². The fraction of sp³-hybridized carbons (Fsp3) is 0.318. The number of anilines is 1. The summed E-state index contributed by atoms with van der Waals surface area (Å²) in [7, 11) is 1.50. The Morgan fingerprint density at radius 1 is 1.03 bits per heavy atom. The third-order valence-electron chi connectivity index (χ3n) is 4.07. The van der Waals surface area contributed by atoms with Crippen molar-refractivity contribution in [2.24, 2.45) is 0 Å². The molecule has 7 nitrogen and oxygen atoms in total. The minimum absolute atomic E-state index is 0.0857. The zero-order valence-electron chi connectivity index (χ0n) is 17.4. The second kappa shape index (κ2) is 11.3. The highest BCUT2D eigenvalue weighted by Crippen LogP contribution is 2.34. The number of carbonyl (C=O) groups excluding carboxylic acids is 3. The quantitative estimate of drug-likeness (QED) is 0.367. The maximum Gasteiger partial charge on any atom is 0.348 e. The molecule has 8 heteroatoms. The first kappa shape index (κ1) is 23.3. The average molecular weight is 432 g/mol. The lowest BCUT2D eigenvalue weighted by Gasteiger charge is -2.05. The zero-order chi connectivity index (χ0) is 22.1. The molecule has 0 spiro atoms. The van der Waals surface area contributed by atoms with Gasteiger partial charge in [-0.05, 0) is 38.0 Å². The number of nitrogens with one attached hydrogen (secondary N) is 1. The van der Waals surface area contributed by atoms with Crippen LogP contribution >= 0.6 is 11.3 Å².